The van der Waals surface area contributed by atoms with Gasteiger partial charge in [0.1, 0.15) is 0 Å². The molecule has 0 aliphatic carbocycles. The standard InChI is InChI=1S/C11H19N3O/c1-9-7-10(2)14(13-9)8-11(15)3-5-12-6-4-11/h7,12,15H,3-6,8H2,1-2H3. The van der Waals surface area contributed by atoms with Gasteiger partial charge in [0, 0.05) is 5.69 Å². The third-order valence-corrected chi connectivity index (χ3v) is 3.08. The first-order chi connectivity index (χ1) is 7.09. The summed E-state index contributed by atoms with van der Waals surface area (Å²) in [6, 6.07) is 2.05. The average Bonchev–Trinajstić information content (AvgIpc) is 2.45. The van der Waals surface area contributed by atoms with Crippen molar-refractivity contribution in [2.45, 2.75) is 38.8 Å². The minimum absolute atomic E-state index is 0.575. The molecule has 0 amide bonds. The van der Waals surface area contributed by atoms with Crippen molar-refractivity contribution >= 4 is 0 Å². The first-order valence-electron chi connectivity index (χ1n) is 5.53. The SMILES string of the molecule is Cc1cc(C)n(CC2(O)CCNCC2)n1. The zero-order valence-electron chi connectivity index (χ0n) is 9.45. The summed E-state index contributed by atoms with van der Waals surface area (Å²) < 4.78 is 1.92. The molecule has 0 radical (unpaired) electrons. The van der Waals surface area contributed by atoms with Crippen molar-refractivity contribution in [2.75, 3.05) is 13.1 Å². The van der Waals surface area contributed by atoms with Gasteiger partial charge in [0.2, 0.25) is 0 Å². The highest BCUT2D eigenvalue weighted by atomic mass is 16.3. The van der Waals surface area contributed by atoms with Crippen LogP contribution in [0.2, 0.25) is 0 Å². The second-order valence-electron chi connectivity index (χ2n) is 4.56. The predicted molar refractivity (Wildman–Crippen MR) is 58.8 cm³/mol. The number of aliphatic hydroxyl groups is 1. The van der Waals surface area contributed by atoms with Crippen LogP contribution in [0.4, 0.5) is 0 Å². The van der Waals surface area contributed by atoms with Crippen LogP contribution >= 0.6 is 0 Å². The van der Waals surface area contributed by atoms with E-state index in [2.05, 4.69) is 10.4 Å². The van der Waals surface area contributed by atoms with Gasteiger partial charge < -0.3 is 10.4 Å². The Hall–Kier alpha value is -0.870. The van der Waals surface area contributed by atoms with Gasteiger partial charge in [-0.3, -0.25) is 4.68 Å². The van der Waals surface area contributed by atoms with E-state index in [-0.39, 0.29) is 0 Å². The molecule has 84 valence electrons. The summed E-state index contributed by atoms with van der Waals surface area (Å²) in [6.07, 6.45) is 1.62. The van der Waals surface area contributed by atoms with Gasteiger partial charge in [-0.2, -0.15) is 5.10 Å². The molecule has 1 aliphatic rings. The molecule has 0 atom stereocenters. The van der Waals surface area contributed by atoms with E-state index in [0.29, 0.717) is 6.54 Å². The normalized spacial score (nSPS) is 20.5. The van der Waals surface area contributed by atoms with Gasteiger partial charge in [0.05, 0.1) is 17.8 Å². The highest BCUT2D eigenvalue weighted by Gasteiger charge is 2.30. The molecular formula is C11H19N3O. The monoisotopic (exact) mass is 209 g/mol. The Morgan fingerprint density at radius 3 is 2.67 bits per heavy atom. The van der Waals surface area contributed by atoms with Crippen LogP contribution in [0, 0.1) is 13.8 Å². The third-order valence-electron chi connectivity index (χ3n) is 3.08. The lowest BCUT2D eigenvalue weighted by molar-refractivity contribution is -0.00876. The number of nitrogens with zero attached hydrogens (tertiary/aromatic N) is 2. The Kier molecular flexibility index (Phi) is 2.80. The van der Waals surface area contributed by atoms with Crippen molar-refractivity contribution in [1.82, 2.24) is 15.1 Å². The summed E-state index contributed by atoms with van der Waals surface area (Å²) >= 11 is 0. The van der Waals surface area contributed by atoms with Crippen LogP contribution in [0.25, 0.3) is 0 Å². The molecule has 4 heteroatoms. The van der Waals surface area contributed by atoms with Gasteiger partial charge in [-0.05, 0) is 45.8 Å². The first-order valence-corrected chi connectivity index (χ1v) is 5.53. The maximum atomic E-state index is 10.4. The van der Waals surface area contributed by atoms with E-state index >= 15 is 0 Å². The summed E-state index contributed by atoms with van der Waals surface area (Å²) in [5, 5.41) is 18.0. The molecule has 0 aromatic carbocycles. The largest absolute Gasteiger partial charge is 0.388 e. The van der Waals surface area contributed by atoms with Gasteiger partial charge in [-0.1, -0.05) is 0 Å². The summed E-state index contributed by atoms with van der Waals surface area (Å²) in [5.74, 6) is 0. The second-order valence-corrected chi connectivity index (χ2v) is 4.56. The molecule has 4 nitrogen and oxygen atoms in total. The van der Waals surface area contributed by atoms with E-state index in [1.165, 1.54) is 0 Å². The molecule has 15 heavy (non-hydrogen) atoms. The second kappa shape index (κ2) is 3.94. The Morgan fingerprint density at radius 1 is 1.47 bits per heavy atom. The van der Waals surface area contributed by atoms with Gasteiger partial charge in [0.25, 0.3) is 0 Å². The highest BCUT2D eigenvalue weighted by molar-refractivity contribution is 5.07. The van der Waals surface area contributed by atoms with E-state index < -0.39 is 5.60 Å². The fourth-order valence-electron chi connectivity index (χ4n) is 2.16. The van der Waals surface area contributed by atoms with E-state index in [1.54, 1.807) is 0 Å². The molecule has 1 fully saturated rings. The average molecular weight is 209 g/mol. The van der Waals surface area contributed by atoms with Crippen LogP contribution in [0.3, 0.4) is 0 Å². The molecule has 2 N–H and O–H groups in total. The van der Waals surface area contributed by atoms with Crippen LogP contribution in [0.1, 0.15) is 24.2 Å². The fraction of sp³-hybridized carbons (Fsp3) is 0.727. The van der Waals surface area contributed by atoms with Crippen molar-refractivity contribution < 1.29 is 5.11 Å². The van der Waals surface area contributed by atoms with Crippen LogP contribution in [0.5, 0.6) is 0 Å². The topological polar surface area (TPSA) is 50.1 Å². The molecular weight excluding hydrogens is 190 g/mol. The van der Waals surface area contributed by atoms with E-state index in [9.17, 15) is 5.11 Å². The quantitative estimate of drug-likeness (QED) is 0.750. The Balaban J connectivity index is 2.09. The lowest BCUT2D eigenvalue weighted by atomic mass is 9.92. The van der Waals surface area contributed by atoms with E-state index in [1.807, 2.05) is 24.6 Å². The number of aromatic nitrogens is 2. The van der Waals surface area contributed by atoms with Gasteiger partial charge in [-0.25, -0.2) is 0 Å². The number of nitrogens with one attached hydrogen (secondary N) is 1. The third kappa shape index (κ3) is 2.38. The minimum Gasteiger partial charge on any atom is -0.388 e. The zero-order chi connectivity index (χ0) is 10.9. The van der Waals surface area contributed by atoms with Crippen molar-refractivity contribution in [1.29, 1.82) is 0 Å². The first kappa shape index (κ1) is 10.6. The zero-order valence-corrected chi connectivity index (χ0v) is 9.45. The number of hydrogen-bond donors (Lipinski definition) is 2. The van der Waals surface area contributed by atoms with Gasteiger partial charge >= 0.3 is 0 Å². The molecule has 0 spiro atoms. The maximum absolute atomic E-state index is 10.4. The summed E-state index contributed by atoms with van der Waals surface area (Å²) in [4.78, 5) is 0. The van der Waals surface area contributed by atoms with Crippen LogP contribution < -0.4 is 5.32 Å². The molecule has 1 aromatic rings. The van der Waals surface area contributed by atoms with Crippen LogP contribution in [-0.4, -0.2) is 33.6 Å². The Bertz CT molecular complexity index is 340. The summed E-state index contributed by atoms with van der Waals surface area (Å²) in [7, 11) is 0. The maximum Gasteiger partial charge on any atom is 0.0867 e. The lowest BCUT2D eigenvalue weighted by Crippen LogP contribution is -2.45. The van der Waals surface area contributed by atoms with Crippen molar-refractivity contribution in [3.8, 4) is 0 Å². The Morgan fingerprint density at radius 2 is 2.13 bits per heavy atom. The van der Waals surface area contributed by atoms with E-state index in [4.69, 9.17) is 0 Å². The van der Waals surface area contributed by atoms with Gasteiger partial charge in [-0.15, -0.1) is 0 Å². The number of piperidine rings is 1. The van der Waals surface area contributed by atoms with E-state index in [0.717, 1.165) is 37.3 Å². The molecule has 1 saturated heterocycles. The van der Waals surface area contributed by atoms with Crippen molar-refractivity contribution in [3.05, 3.63) is 17.5 Å². The molecule has 0 unspecified atom stereocenters. The molecule has 2 rings (SSSR count). The number of rotatable bonds is 2. The Labute approximate surface area is 90.3 Å². The minimum atomic E-state index is -0.575. The molecule has 0 saturated carbocycles. The highest BCUT2D eigenvalue weighted by Crippen LogP contribution is 2.20. The van der Waals surface area contributed by atoms with Crippen LogP contribution in [-0.2, 0) is 6.54 Å². The van der Waals surface area contributed by atoms with Crippen molar-refractivity contribution in [2.24, 2.45) is 0 Å². The molecule has 1 aromatic heterocycles. The lowest BCUT2D eigenvalue weighted by Gasteiger charge is -2.32. The fourth-order valence-corrected chi connectivity index (χ4v) is 2.16. The number of hydrogen-bond acceptors (Lipinski definition) is 3. The van der Waals surface area contributed by atoms with Crippen LogP contribution in [0.15, 0.2) is 6.07 Å². The summed E-state index contributed by atoms with van der Waals surface area (Å²) in [6.45, 7) is 6.43. The smallest absolute Gasteiger partial charge is 0.0867 e. The van der Waals surface area contributed by atoms with Gasteiger partial charge in [0.15, 0.2) is 0 Å². The molecule has 2 heterocycles. The molecule has 0 bridgehead atoms. The summed E-state index contributed by atoms with van der Waals surface area (Å²) in [5.41, 5.74) is 1.57. The van der Waals surface area contributed by atoms with Crippen molar-refractivity contribution in [3.63, 3.8) is 0 Å². The molecule has 1 aliphatic heterocycles. The number of aryl methyl sites for hydroxylation is 2. The predicted octanol–water partition coefficient (Wildman–Crippen LogP) is 0.614.